The Morgan fingerprint density at radius 3 is 2.68 bits per heavy atom. The van der Waals surface area contributed by atoms with E-state index in [-0.39, 0.29) is 23.5 Å². The van der Waals surface area contributed by atoms with Crippen LogP contribution in [-0.4, -0.2) is 39.4 Å². The molecule has 1 atom stereocenters. The quantitative estimate of drug-likeness (QED) is 0.523. The van der Waals surface area contributed by atoms with Crippen molar-refractivity contribution in [1.82, 2.24) is 14.5 Å². The van der Waals surface area contributed by atoms with E-state index in [1.165, 1.54) is 18.2 Å². The lowest BCUT2D eigenvalue weighted by molar-refractivity contribution is -0.137. The standard InChI is InChI=1S/C25H25F3N4O2/c1-3-22(33)31-12-5-8-19(11-13-31)32-21-10-9-16(2)14-20(21)29-24(32)30-23(34)17-6-4-7-18(15-17)25(26,27)28/h3-4,6-7,9-10,14-15,19H,1,5,8,11-13H2,2H3,(H,29,30,34). The van der Waals surface area contributed by atoms with Gasteiger partial charge in [-0.3, -0.25) is 14.9 Å². The van der Waals surface area contributed by atoms with Gasteiger partial charge in [0.1, 0.15) is 0 Å². The van der Waals surface area contributed by atoms with Crippen LogP contribution in [-0.2, 0) is 11.0 Å². The van der Waals surface area contributed by atoms with E-state index in [0.29, 0.717) is 25.0 Å². The molecular formula is C25H25F3N4O2. The minimum absolute atomic E-state index is 0.0490. The molecule has 0 spiro atoms. The lowest BCUT2D eigenvalue weighted by atomic mass is 10.1. The number of aryl methyl sites for hydroxylation is 1. The van der Waals surface area contributed by atoms with Crippen LogP contribution in [0.15, 0.2) is 55.1 Å². The number of aromatic nitrogens is 2. The average molecular weight is 470 g/mol. The number of rotatable bonds is 4. The van der Waals surface area contributed by atoms with Gasteiger partial charge in [0.15, 0.2) is 0 Å². The largest absolute Gasteiger partial charge is 0.416 e. The number of benzene rings is 2. The number of fused-ring (bicyclic) bond motifs is 1. The van der Waals surface area contributed by atoms with Crippen molar-refractivity contribution in [2.75, 3.05) is 18.4 Å². The third-order valence-electron chi connectivity index (χ3n) is 6.07. The van der Waals surface area contributed by atoms with E-state index in [1.807, 2.05) is 29.7 Å². The summed E-state index contributed by atoms with van der Waals surface area (Å²) in [5.41, 5.74) is 1.51. The Morgan fingerprint density at radius 2 is 1.94 bits per heavy atom. The van der Waals surface area contributed by atoms with Crippen molar-refractivity contribution in [3.63, 3.8) is 0 Å². The monoisotopic (exact) mass is 470 g/mol. The van der Waals surface area contributed by atoms with Gasteiger partial charge in [0.25, 0.3) is 5.91 Å². The van der Waals surface area contributed by atoms with E-state index in [0.717, 1.165) is 36.1 Å². The summed E-state index contributed by atoms with van der Waals surface area (Å²) in [4.78, 5) is 31.4. The first-order valence-corrected chi connectivity index (χ1v) is 11.1. The fourth-order valence-corrected chi connectivity index (χ4v) is 4.36. The molecule has 9 heteroatoms. The van der Waals surface area contributed by atoms with E-state index in [1.54, 1.807) is 4.90 Å². The molecule has 1 fully saturated rings. The number of amides is 2. The molecule has 34 heavy (non-hydrogen) atoms. The van der Waals surface area contributed by atoms with Gasteiger partial charge in [-0.15, -0.1) is 0 Å². The zero-order chi connectivity index (χ0) is 24.5. The number of carbonyl (C=O) groups is 2. The highest BCUT2D eigenvalue weighted by Gasteiger charge is 2.31. The fraction of sp³-hybridized carbons (Fsp3) is 0.320. The molecule has 2 amide bonds. The number of alkyl halides is 3. The smallest absolute Gasteiger partial charge is 0.339 e. The summed E-state index contributed by atoms with van der Waals surface area (Å²) in [5.74, 6) is -0.516. The maximum absolute atomic E-state index is 13.1. The van der Waals surface area contributed by atoms with Gasteiger partial charge in [-0.1, -0.05) is 18.7 Å². The number of hydrogen-bond acceptors (Lipinski definition) is 3. The molecule has 1 saturated heterocycles. The molecule has 0 radical (unpaired) electrons. The summed E-state index contributed by atoms with van der Waals surface area (Å²) in [6.45, 7) is 6.63. The van der Waals surface area contributed by atoms with Crippen LogP contribution in [0.1, 0.15) is 46.8 Å². The maximum atomic E-state index is 13.1. The number of likely N-dealkylation sites (tertiary alicyclic amines) is 1. The zero-order valence-electron chi connectivity index (χ0n) is 18.7. The molecule has 4 rings (SSSR count). The highest BCUT2D eigenvalue weighted by atomic mass is 19.4. The minimum Gasteiger partial charge on any atom is -0.339 e. The van der Waals surface area contributed by atoms with Crippen molar-refractivity contribution < 1.29 is 22.8 Å². The first-order valence-electron chi connectivity index (χ1n) is 11.1. The van der Waals surface area contributed by atoms with Gasteiger partial charge in [0, 0.05) is 24.7 Å². The Hall–Kier alpha value is -3.62. The van der Waals surface area contributed by atoms with Gasteiger partial charge < -0.3 is 9.47 Å². The first kappa shape index (κ1) is 23.5. The highest BCUT2D eigenvalue weighted by molar-refractivity contribution is 6.04. The Morgan fingerprint density at radius 1 is 1.15 bits per heavy atom. The molecule has 0 aliphatic carbocycles. The number of carbonyl (C=O) groups excluding carboxylic acids is 2. The number of halogens is 3. The number of nitrogens with one attached hydrogen (secondary N) is 1. The second-order valence-electron chi connectivity index (χ2n) is 8.44. The molecule has 1 aromatic heterocycles. The van der Waals surface area contributed by atoms with E-state index < -0.39 is 17.6 Å². The van der Waals surface area contributed by atoms with Crippen LogP contribution in [0.3, 0.4) is 0 Å². The molecule has 0 bridgehead atoms. The summed E-state index contributed by atoms with van der Waals surface area (Å²) in [5, 5.41) is 2.73. The molecule has 1 N–H and O–H groups in total. The van der Waals surface area contributed by atoms with Crippen LogP contribution in [0.4, 0.5) is 19.1 Å². The number of hydrogen-bond donors (Lipinski definition) is 1. The first-order chi connectivity index (χ1) is 16.2. The molecule has 1 aliphatic heterocycles. The van der Waals surface area contributed by atoms with Crippen LogP contribution in [0.25, 0.3) is 11.0 Å². The van der Waals surface area contributed by atoms with E-state index in [2.05, 4.69) is 16.9 Å². The summed E-state index contributed by atoms with van der Waals surface area (Å²) in [6, 6.07) is 10.0. The highest BCUT2D eigenvalue weighted by Crippen LogP contribution is 2.33. The van der Waals surface area contributed by atoms with Gasteiger partial charge in [0.05, 0.1) is 16.6 Å². The van der Waals surface area contributed by atoms with Crippen molar-refractivity contribution in [2.24, 2.45) is 0 Å². The third-order valence-corrected chi connectivity index (χ3v) is 6.07. The van der Waals surface area contributed by atoms with Crippen molar-refractivity contribution in [3.8, 4) is 0 Å². The van der Waals surface area contributed by atoms with Crippen LogP contribution in [0.5, 0.6) is 0 Å². The van der Waals surface area contributed by atoms with Crippen LogP contribution in [0.2, 0.25) is 0 Å². The van der Waals surface area contributed by atoms with Crippen molar-refractivity contribution in [2.45, 2.75) is 38.4 Å². The molecule has 0 saturated carbocycles. The lowest BCUT2D eigenvalue weighted by Gasteiger charge is -2.21. The SMILES string of the molecule is C=CC(=O)N1CCCC(n2c(NC(=O)c3cccc(C(F)(F)F)c3)nc3cc(C)ccc32)CC1. The lowest BCUT2D eigenvalue weighted by Crippen LogP contribution is -2.30. The Labute approximate surface area is 195 Å². The third kappa shape index (κ3) is 4.83. The number of anilines is 1. The van der Waals surface area contributed by atoms with E-state index >= 15 is 0 Å². The van der Waals surface area contributed by atoms with Crippen molar-refractivity contribution in [1.29, 1.82) is 0 Å². The van der Waals surface area contributed by atoms with Crippen molar-refractivity contribution in [3.05, 3.63) is 71.8 Å². The number of nitrogens with zero attached hydrogens (tertiary/aromatic N) is 3. The molecule has 1 aliphatic rings. The molecule has 6 nitrogen and oxygen atoms in total. The molecule has 2 heterocycles. The van der Waals surface area contributed by atoms with Gasteiger partial charge in [0.2, 0.25) is 11.9 Å². The molecule has 1 unspecified atom stereocenters. The fourth-order valence-electron chi connectivity index (χ4n) is 4.36. The Kier molecular flexibility index (Phi) is 6.45. The predicted molar refractivity (Wildman–Crippen MR) is 124 cm³/mol. The van der Waals surface area contributed by atoms with E-state index in [9.17, 15) is 22.8 Å². The van der Waals surface area contributed by atoms with E-state index in [4.69, 9.17) is 0 Å². The average Bonchev–Trinajstić information content (AvgIpc) is 2.97. The molecule has 3 aromatic rings. The summed E-state index contributed by atoms with van der Waals surface area (Å²) >= 11 is 0. The second kappa shape index (κ2) is 9.32. The van der Waals surface area contributed by atoms with Gasteiger partial charge in [-0.05, 0) is 68.2 Å². The topological polar surface area (TPSA) is 67.2 Å². The Bertz CT molecular complexity index is 1250. The Balaban J connectivity index is 1.68. The van der Waals surface area contributed by atoms with Gasteiger partial charge in [-0.25, -0.2) is 4.98 Å². The van der Waals surface area contributed by atoms with Gasteiger partial charge in [-0.2, -0.15) is 13.2 Å². The molecule has 178 valence electrons. The van der Waals surface area contributed by atoms with Crippen LogP contribution in [0, 0.1) is 6.92 Å². The van der Waals surface area contributed by atoms with Crippen molar-refractivity contribution >= 4 is 28.8 Å². The minimum atomic E-state index is -4.55. The van der Waals surface area contributed by atoms with Gasteiger partial charge >= 0.3 is 6.18 Å². The normalized spacial score (nSPS) is 16.8. The zero-order valence-corrected chi connectivity index (χ0v) is 18.7. The summed E-state index contributed by atoms with van der Waals surface area (Å²) in [6.07, 6.45) is -1.08. The second-order valence-corrected chi connectivity index (χ2v) is 8.44. The molecular weight excluding hydrogens is 445 g/mol. The summed E-state index contributed by atoms with van der Waals surface area (Å²) in [7, 11) is 0. The number of imidazole rings is 1. The maximum Gasteiger partial charge on any atom is 0.416 e. The predicted octanol–water partition coefficient (Wildman–Crippen LogP) is 5.36. The van der Waals surface area contributed by atoms with Crippen LogP contribution < -0.4 is 5.32 Å². The molecule has 2 aromatic carbocycles. The summed E-state index contributed by atoms with van der Waals surface area (Å²) < 4.78 is 41.3. The van der Waals surface area contributed by atoms with Crippen LogP contribution >= 0.6 is 0 Å².